The summed E-state index contributed by atoms with van der Waals surface area (Å²) in [6.07, 6.45) is 0. The van der Waals surface area contributed by atoms with E-state index in [4.69, 9.17) is 5.73 Å². The maximum Gasteiger partial charge on any atom is 0.270 e. The number of benzene rings is 1. The molecule has 2 aromatic rings. The smallest absolute Gasteiger partial charge is 0.270 e. The predicted molar refractivity (Wildman–Crippen MR) is 65.1 cm³/mol. The largest absolute Gasteiger partial charge is 0.508 e. The number of nitrogens with zero attached hydrogens (tertiary/aromatic N) is 1. The molecule has 1 atom stereocenters. The number of non-ortho nitro benzene ring substituents is 1. The highest BCUT2D eigenvalue weighted by molar-refractivity contribution is 7.10. The number of phenolic OH excluding ortho intramolecular Hbond substituents is 1. The number of nitro benzene ring substituents is 1. The molecule has 1 aromatic carbocycles. The molecule has 2 rings (SSSR count). The number of hydrogen-bond donors (Lipinski definition) is 2. The molecule has 0 bridgehead atoms. The Labute approximate surface area is 101 Å². The van der Waals surface area contributed by atoms with Crippen LogP contribution in [0.15, 0.2) is 35.7 Å². The molecule has 1 heterocycles. The minimum Gasteiger partial charge on any atom is -0.508 e. The molecule has 17 heavy (non-hydrogen) atoms. The van der Waals surface area contributed by atoms with Crippen LogP contribution in [-0.4, -0.2) is 10.0 Å². The van der Waals surface area contributed by atoms with Crippen molar-refractivity contribution in [2.24, 2.45) is 5.73 Å². The zero-order valence-electron chi connectivity index (χ0n) is 8.74. The number of aromatic hydroxyl groups is 1. The van der Waals surface area contributed by atoms with Crippen molar-refractivity contribution in [3.63, 3.8) is 0 Å². The maximum atomic E-state index is 10.7. The monoisotopic (exact) mass is 250 g/mol. The van der Waals surface area contributed by atoms with Crippen molar-refractivity contribution in [2.75, 3.05) is 0 Å². The van der Waals surface area contributed by atoms with Gasteiger partial charge in [0.1, 0.15) is 5.75 Å². The second-order valence-electron chi connectivity index (χ2n) is 3.49. The first-order chi connectivity index (χ1) is 8.09. The minimum absolute atomic E-state index is 0.0310. The molecule has 6 heteroatoms. The van der Waals surface area contributed by atoms with Gasteiger partial charge < -0.3 is 10.8 Å². The van der Waals surface area contributed by atoms with E-state index in [1.807, 2.05) is 17.5 Å². The number of phenols is 1. The number of nitrogens with two attached hydrogens (primary N) is 1. The summed E-state index contributed by atoms with van der Waals surface area (Å²) in [7, 11) is 0. The third-order valence-electron chi connectivity index (χ3n) is 2.41. The Bertz CT molecular complexity index is 540. The Morgan fingerprint density at radius 3 is 2.76 bits per heavy atom. The summed E-state index contributed by atoms with van der Waals surface area (Å²) < 4.78 is 0. The van der Waals surface area contributed by atoms with Crippen molar-refractivity contribution in [1.29, 1.82) is 0 Å². The minimum atomic E-state index is -0.546. The van der Waals surface area contributed by atoms with Crippen molar-refractivity contribution in [1.82, 2.24) is 0 Å². The van der Waals surface area contributed by atoms with Crippen LogP contribution >= 0.6 is 11.3 Å². The lowest BCUT2D eigenvalue weighted by atomic mass is 10.0. The summed E-state index contributed by atoms with van der Waals surface area (Å²) in [5, 5.41) is 22.2. The van der Waals surface area contributed by atoms with Gasteiger partial charge in [-0.2, -0.15) is 0 Å². The molecule has 0 aliphatic carbocycles. The van der Waals surface area contributed by atoms with Gasteiger partial charge in [0.15, 0.2) is 0 Å². The summed E-state index contributed by atoms with van der Waals surface area (Å²) in [6.45, 7) is 0. The third-order valence-corrected chi connectivity index (χ3v) is 3.36. The molecule has 0 spiro atoms. The first-order valence-electron chi connectivity index (χ1n) is 4.86. The number of nitro groups is 1. The molecular formula is C11H10N2O3S. The number of rotatable bonds is 3. The van der Waals surface area contributed by atoms with E-state index in [0.717, 1.165) is 4.88 Å². The van der Waals surface area contributed by atoms with Gasteiger partial charge >= 0.3 is 0 Å². The van der Waals surface area contributed by atoms with Crippen LogP contribution in [0, 0.1) is 10.1 Å². The summed E-state index contributed by atoms with van der Waals surface area (Å²) >= 11 is 1.44. The standard InChI is InChI=1S/C11H10N2O3S/c12-11(10-2-1-5-17-10)8-6-7(13(15)16)3-4-9(8)14/h1-6,11,14H,12H2/t11-/m0/s1. The highest BCUT2D eigenvalue weighted by Gasteiger charge is 2.17. The summed E-state index contributed by atoms with van der Waals surface area (Å²) in [4.78, 5) is 11.0. The molecule has 5 nitrogen and oxygen atoms in total. The molecule has 0 fully saturated rings. The molecule has 3 N–H and O–H groups in total. The lowest BCUT2D eigenvalue weighted by Gasteiger charge is -2.11. The van der Waals surface area contributed by atoms with Gasteiger partial charge in [-0.25, -0.2) is 0 Å². The molecule has 0 saturated heterocycles. The Hall–Kier alpha value is -1.92. The average molecular weight is 250 g/mol. The van der Waals surface area contributed by atoms with Crippen LogP contribution in [-0.2, 0) is 0 Å². The van der Waals surface area contributed by atoms with Gasteiger partial charge in [0.25, 0.3) is 5.69 Å². The van der Waals surface area contributed by atoms with E-state index < -0.39 is 11.0 Å². The van der Waals surface area contributed by atoms with Gasteiger partial charge in [-0.05, 0) is 17.5 Å². The van der Waals surface area contributed by atoms with Crippen LogP contribution in [0.1, 0.15) is 16.5 Å². The molecule has 0 unspecified atom stereocenters. The van der Waals surface area contributed by atoms with Gasteiger partial charge in [0, 0.05) is 22.6 Å². The van der Waals surface area contributed by atoms with Gasteiger partial charge in [0.2, 0.25) is 0 Å². The Kier molecular flexibility index (Phi) is 3.08. The van der Waals surface area contributed by atoms with Crippen LogP contribution in [0.25, 0.3) is 0 Å². The van der Waals surface area contributed by atoms with Crippen molar-refractivity contribution < 1.29 is 10.0 Å². The van der Waals surface area contributed by atoms with Gasteiger partial charge in [-0.15, -0.1) is 11.3 Å². The Morgan fingerprint density at radius 1 is 1.41 bits per heavy atom. The fraction of sp³-hybridized carbons (Fsp3) is 0.0909. The zero-order chi connectivity index (χ0) is 12.4. The van der Waals surface area contributed by atoms with E-state index in [0.29, 0.717) is 5.56 Å². The van der Waals surface area contributed by atoms with E-state index in [1.165, 1.54) is 29.5 Å². The lowest BCUT2D eigenvalue weighted by Crippen LogP contribution is -2.10. The van der Waals surface area contributed by atoms with E-state index in [1.54, 1.807) is 0 Å². The SMILES string of the molecule is N[C@H](c1cccs1)c1cc([N+](=O)[O-])ccc1O. The quantitative estimate of drug-likeness (QED) is 0.646. The van der Waals surface area contributed by atoms with Gasteiger partial charge in [0.05, 0.1) is 11.0 Å². The van der Waals surface area contributed by atoms with Crippen LogP contribution in [0.5, 0.6) is 5.75 Å². The summed E-state index contributed by atoms with van der Waals surface area (Å²) in [6, 6.07) is 6.97. The molecule has 0 amide bonds. The average Bonchev–Trinajstić information content (AvgIpc) is 2.81. The second-order valence-corrected chi connectivity index (χ2v) is 4.47. The molecule has 0 aliphatic heterocycles. The molecule has 0 aliphatic rings. The van der Waals surface area contributed by atoms with Crippen molar-refractivity contribution in [3.05, 3.63) is 56.3 Å². The molecule has 1 aromatic heterocycles. The summed E-state index contributed by atoms with van der Waals surface area (Å²) in [5.74, 6) is -0.0310. The first kappa shape index (κ1) is 11.6. The van der Waals surface area contributed by atoms with Crippen LogP contribution < -0.4 is 5.73 Å². The molecule has 0 saturated carbocycles. The van der Waals surface area contributed by atoms with Gasteiger partial charge in [-0.1, -0.05) is 6.07 Å². The van der Waals surface area contributed by atoms with E-state index in [9.17, 15) is 15.2 Å². The molecule has 0 radical (unpaired) electrons. The molecular weight excluding hydrogens is 240 g/mol. The van der Waals surface area contributed by atoms with Crippen LogP contribution in [0.2, 0.25) is 0 Å². The summed E-state index contributed by atoms with van der Waals surface area (Å²) in [5.41, 5.74) is 6.24. The fourth-order valence-electron chi connectivity index (χ4n) is 1.53. The Morgan fingerprint density at radius 2 is 2.18 bits per heavy atom. The van der Waals surface area contributed by atoms with E-state index in [-0.39, 0.29) is 11.4 Å². The maximum absolute atomic E-state index is 10.7. The number of hydrogen-bond acceptors (Lipinski definition) is 5. The fourth-order valence-corrected chi connectivity index (χ4v) is 2.27. The normalized spacial score (nSPS) is 12.3. The topological polar surface area (TPSA) is 89.4 Å². The number of thiophene rings is 1. The Balaban J connectivity index is 2.44. The molecule has 88 valence electrons. The van der Waals surface area contributed by atoms with Gasteiger partial charge in [-0.3, -0.25) is 10.1 Å². The van der Waals surface area contributed by atoms with Crippen molar-refractivity contribution in [3.8, 4) is 5.75 Å². The zero-order valence-corrected chi connectivity index (χ0v) is 9.55. The van der Waals surface area contributed by atoms with E-state index >= 15 is 0 Å². The van der Waals surface area contributed by atoms with Crippen LogP contribution in [0.4, 0.5) is 5.69 Å². The van der Waals surface area contributed by atoms with Crippen LogP contribution in [0.3, 0.4) is 0 Å². The highest BCUT2D eigenvalue weighted by atomic mass is 32.1. The highest BCUT2D eigenvalue weighted by Crippen LogP contribution is 2.32. The lowest BCUT2D eigenvalue weighted by molar-refractivity contribution is -0.384. The predicted octanol–water partition coefficient (Wildman–Crippen LogP) is 2.41. The van der Waals surface area contributed by atoms with E-state index in [2.05, 4.69) is 0 Å². The second kappa shape index (κ2) is 4.52. The third kappa shape index (κ3) is 2.27. The van der Waals surface area contributed by atoms with Crippen molar-refractivity contribution in [2.45, 2.75) is 6.04 Å². The van der Waals surface area contributed by atoms with Crippen molar-refractivity contribution >= 4 is 17.0 Å². The first-order valence-corrected chi connectivity index (χ1v) is 5.74.